The van der Waals surface area contributed by atoms with Crippen molar-refractivity contribution in [2.45, 2.75) is 43.7 Å². The SMILES string of the molecule is COc1cc(/C=C/C(=O)NO)ccc1OC[C@H](Cc1c[nH]c2ccccc12)NS(=O)(=O)c1ccc(NC(=O)C(=O)OC(C)(C)C)cc1. The van der Waals surface area contributed by atoms with Gasteiger partial charge in [-0.1, -0.05) is 24.3 Å². The third kappa shape index (κ3) is 9.66. The number of benzene rings is 3. The summed E-state index contributed by atoms with van der Waals surface area (Å²) < 4.78 is 46.4. The number of aromatic amines is 1. The molecular weight excluding hydrogens is 628 g/mol. The van der Waals surface area contributed by atoms with Crippen LogP contribution in [0.4, 0.5) is 5.69 Å². The van der Waals surface area contributed by atoms with Crippen LogP contribution in [-0.4, -0.2) is 61.8 Å². The van der Waals surface area contributed by atoms with Crippen LogP contribution in [0.25, 0.3) is 17.0 Å². The van der Waals surface area contributed by atoms with E-state index in [1.54, 1.807) is 39.0 Å². The number of para-hydroxylation sites is 1. The summed E-state index contributed by atoms with van der Waals surface area (Å²) in [7, 11) is -2.64. The van der Waals surface area contributed by atoms with Gasteiger partial charge in [0.25, 0.3) is 5.91 Å². The number of carbonyl (C=O) groups is 3. The number of nitrogens with one attached hydrogen (secondary N) is 4. The molecule has 1 heterocycles. The average molecular weight is 665 g/mol. The van der Waals surface area contributed by atoms with Gasteiger partial charge in [-0.25, -0.2) is 23.4 Å². The van der Waals surface area contributed by atoms with E-state index in [-0.39, 0.29) is 23.6 Å². The zero-order valence-electron chi connectivity index (χ0n) is 26.2. The van der Waals surface area contributed by atoms with Crippen LogP contribution in [-0.2, 0) is 35.6 Å². The third-order valence-electron chi connectivity index (χ3n) is 6.63. The molecule has 0 radical (unpaired) electrons. The van der Waals surface area contributed by atoms with E-state index in [1.807, 2.05) is 30.5 Å². The normalized spacial score (nSPS) is 12.4. The molecule has 2 amide bonds. The number of esters is 1. The molecule has 0 saturated heterocycles. The molecule has 1 atom stereocenters. The standard InChI is InChI=1S/C33H36N4O9S/c1-33(2,3)46-32(40)31(39)35-23-11-13-25(14-12-23)47(42,43)37-24(18-22-19-34-27-8-6-5-7-26(22)27)20-45-28-15-9-21(17-29(28)44-4)10-16-30(38)36-41/h5-17,19,24,34,37,41H,18,20H2,1-4H3,(H,35,39)(H,36,38)/b16-10+/t24-/m0/s1. The van der Waals surface area contributed by atoms with Gasteiger partial charge in [0, 0.05) is 28.9 Å². The predicted octanol–water partition coefficient (Wildman–Crippen LogP) is 3.94. The fourth-order valence-corrected chi connectivity index (χ4v) is 5.74. The molecule has 14 heteroatoms. The quantitative estimate of drug-likeness (QED) is 0.0492. The van der Waals surface area contributed by atoms with Crippen molar-refractivity contribution in [3.05, 3.63) is 90.1 Å². The molecule has 4 aromatic rings. The maximum Gasteiger partial charge on any atom is 0.397 e. The molecule has 1 aromatic heterocycles. The van der Waals surface area contributed by atoms with E-state index in [9.17, 15) is 22.8 Å². The molecule has 5 N–H and O–H groups in total. The van der Waals surface area contributed by atoms with Gasteiger partial charge >= 0.3 is 11.9 Å². The maximum atomic E-state index is 13.5. The molecule has 13 nitrogen and oxygen atoms in total. The lowest BCUT2D eigenvalue weighted by molar-refractivity contribution is -0.161. The Morgan fingerprint density at radius 3 is 2.40 bits per heavy atom. The number of fused-ring (bicyclic) bond motifs is 1. The Morgan fingerprint density at radius 2 is 1.72 bits per heavy atom. The molecule has 47 heavy (non-hydrogen) atoms. The molecule has 0 aliphatic rings. The van der Waals surface area contributed by atoms with Gasteiger partial charge in [-0.2, -0.15) is 0 Å². The van der Waals surface area contributed by atoms with Crippen molar-refractivity contribution in [1.82, 2.24) is 15.2 Å². The highest BCUT2D eigenvalue weighted by Crippen LogP contribution is 2.29. The summed E-state index contributed by atoms with van der Waals surface area (Å²) >= 11 is 0. The van der Waals surface area contributed by atoms with Crippen LogP contribution in [0.5, 0.6) is 11.5 Å². The molecule has 0 aliphatic heterocycles. The van der Waals surface area contributed by atoms with Crippen LogP contribution < -0.4 is 25.0 Å². The number of rotatable bonds is 12. The van der Waals surface area contributed by atoms with Crippen LogP contribution in [0, 0.1) is 0 Å². The van der Waals surface area contributed by atoms with E-state index >= 15 is 0 Å². The second kappa shape index (κ2) is 14.9. The van der Waals surface area contributed by atoms with Crippen LogP contribution in [0.2, 0.25) is 0 Å². The monoisotopic (exact) mass is 664 g/mol. The smallest absolute Gasteiger partial charge is 0.397 e. The van der Waals surface area contributed by atoms with Gasteiger partial charge in [0.05, 0.1) is 18.0 Å². The Morgan fingerprint density at radius 1 is 1.00 bits per heavy atom. The Kier molecular flexibility index (Phi) is 11.0. The fraction of sp³-hybridized carbons (Fsp3) is 0.242. The van der Waals surface area contributed by atoms with Gasteiger partial charge in [-0.05, 0) is 86.9 Å². The van der Waals surface area contributed by atoms with Crippen molar-refractivity contribution in [2.75, 3.05) is 19.0 Å². The van der Waals surface area contributed by atoms with E-state index in [0.717, 1.165) is 22.5 Å². The third-order valence-corrected chi connectivity index (χ3v) is 8.17. The molecule has 0 saturated carbocycles. The van der Waals surface area contributed by atoms with Crippen molar-refractivity contribution in [3.63, 3.8) is 0 Å². The van der Waals surface area contributed by atoms with Crippen LogP contribution >= 0.6 is 0 Å². The van der Waals surface area contributed by atoms with E-state index < -0.39 is 39.4 Å². The van der Waals surface area contributed by atoms with Gasteiger partial charge in [0.2, 0.25) is 10.0 Å². The minimum atomic E-state index is -4.09. The van der Waals surface area contributed by atoms with E-state index in [0.29, 0.717) is 17.1 Å². The summed E-state index contributed by atoms with van der Waals surface area (Å²) in [6.07, 6.45) is 4.70. The summed E-state index contributed by atoms with van der Waals surface area (Å²) in [6.45, 7) is 4.82. The average Bonchev–Trinajstić information content (AvgIpc) is 3.44. The van der Waals surface area contributed by atoms with Crippen LogP contribution in [0.3, 0.4) is 0 Å². The van der Waals surface area contributed by atoms with Crippen molar-refractivity contribution >= 4 is 50.5 Å². The number of methoxy groups -OCH3 is 1. The Hall–Kier alpha value is -5.18. The lowest BCUT2D eigenvalue weighted by Gasteiger charge is -2.21. The first-order valence-electron chi connectivity index (χ1n) is 14.4. The van der Waals surface area contributed by atoms with Crippen molar-refractivity contribution in [3.8, 4) is 11.5 Å². The molecule has 0 fully saturated rings. The number of aromatic nitrogens is 1. The lowest BCUT2D eigenvalue weighted by atomic mass is 10.1. The highest BCUT2D eigenvalue weighted by atomic mass is 32.2. The Balaban J connectivity index is 1.53. The Labute approximate surface area is 271 Å². The molecule has 248 valence electrons. The maximum absolute atomic E-state index is 13.5. The number of carbonyl (C=O) groups excluding carboxylic acids is 3. The number of hydrogen-bond donors (Lipinski definition) is 5. The minimum absolute atomic E-state index is 0.0719. The van der Waals surface area contributed by atoms with E-state index in [2.05, 4.69) is 15.0 Å². The largest absolute Gasteiger partial charge is 0.493 e. The predicted molar refractivity (Wildman–Crippen MR) is 174 cm³/mol. The highest BCUT2D eigenvalue weighted by Gasteiger charge is 2.25. The summed E-state index contributed by atoms with van der Waals surface area (Å²) in [5.74, 6) is -2.07. The van der Waals surface area contributed by atoms with Gasteiger partial charge in [0.1, 0.15) is 12.2 Å². The molecular formula is C33H36N4O9S. The number of hydroxylamine groups is 1. The first kappa shape index (κ1) is 34.7. The first-order valence-corrected chi connectivity index (χ1v) is 15.9. The van der Waals surface area contributed by atoms with E-state index in [1.165, 1.54) is 42.9 Å². The molecule has 0 spiro atoms. The zero-order chi connectivity index (χ0) is 34.2. The summed E-state index contributed by atoms with van der Waals surface area (Å²) in [5, 5.41) is 12.0. The second-order valence-corrected chi connectivity index (χ2v) is 13.1. The number of H-pyrrole nitrogens is 1. The van der Waals surface area contributed by atoms with Gasteiger partial charge in [-0.15, -0.1) is 0 Å². The van der Waals surface area contributed by atoms with Gasteiger partial charge in [-0.3, -0.25) is 14.8 Å². The fourth-order valence-electron chi connectivity index (χ4n) is 4.52. The lowest BCUT2D eigenvalue weighted by Crippen LogP contribution is -2.40. The van der Waals surface area contributed by atoms with Crippen molar-refractivity contribution < 1.29 is 42.2 Å². The molecule has 0 bridgehead atoms. The number of amides is 2. The molecule has 4 rings (SSSR count). The number of sulfonamides is 1. The van der Waals surface area contributed by atoms with Crippen molar-refractivity contribution in [1.29, 1.82) is 0 Å². The Bertz CT molecular complexity index is 1880. The van der Waals surface area contributed by atoms with E-state index in [4.69, 9.17) is 19.4 Å². The molecule has 3 aromatic carbocycles. The van der Waals surface area contributed by atoms with Crippen molar-refractivity contribution in [2.24, 2.45) is 0 Å². The number of hydrogen-bond acceptors (Lipinski definition) is 9. The minimum Gasteiger partial charge on any atom is -0.493 e. The molecule has 0 unspecified atom stereocenters. The van der Waals surface area contributed by atoms with Gasteiger partial charge in [0.15, 0.2) is 11.5 Å². The van der Waals surface area contributed by atoms with Gasteiger partial charge < -0.3 is 24.5 Å². The number of ether oxygens (including phenoxy) is 3. The number of anilines is 1. The molecule has 0 aliphatic carbocycles. The summed E-state index contributed by atoms with van der Waals surface area (Å²) in [5.41, 5.74) is 3.24. The zero-order valence-corrected chi connectivity index (χ0v) is 27.0. The summed E-state index contributed by atoms with van der Waals surface area (Å²) in [4.78, 5) is 38.7. The topological polar surface area (TPSA) is 185 Å². The first-order chi connectivity index (χ1) is 22.3. The van der Waals surface area contributed by atoms with Crippen LogP contribution in [0.1, 0.15) is 31.9 Å². The second-order valence-electron chi connectivity index (χ2n) is 11.4. The summed E-state index contributed by atoms with van der Waals surface area (Å²) in [6, 6.07) is 17.2. The highest BCUT2D eigenvalue weighted by molar-refractivity contribution is 7.89. The van der Waals surface area contributed by atoms with Crippen LogP contribution in [0.15, 0.2) is 83.9 Å².